The number of imidazole rings is 1. The van der Waals surface area contributed by atoms with E-state index in [0.717, 1.165) is 16.9 Å². The predicted molar refractivity (Wildman–Crippen MR) is 89.9 cm³/mol. The Labute approximate surface area is 126 Å². The predicted octanol–water partition coefficient (Wildman–Crippen LogP) is 4.42. The molecule has 0 aliphatic heterocycles. The topological polar surface area (TPSA) is 43.3 Å². The van der Waals surface area contributed by atoms with E-state index in [1.165, 1.54) is 20.5 Å². The number of nitrogens with zero attached hydrogens (tertiary/aromatic N) is 2. The molecule has 0 fully saturated rings. The van der Waals surface area contributed by atoms with Gasteiger partial charge in [-0.05, 0) is 36.9 Å². The van der Waals surface area contributed by atoms with Gasteiger partial charge in [0.05, 0.1) is 4.70 Å². The summed E-state index contributed by atoms with van der Waals surface area (Å²) in [5.41, 5.74) is 10.4. The van der Waals surface area contributed by atoms with E-state index in [4.69, 9.17) is 10.7 Å². The van der Waals surface area contributed by atoms with Gasteiger partial charge in [-0.3, -0.25) is 4.40 Å². The van der Waals surface area contributed by atoms with Gasteiger partial charge in [-0.2, -0.15) is 0 Å². The monoisotopic (exact) mass is 293 g/mol. The zero-order chi connectivity index (χ0) is 14.6. The lowest BCUT2D eigenvalue weighted by Gasteiger charge is -2.02. The van der Waals surface area contributed by atoms with E-state index < -0.39 is 0 Å². The van der Waals surface area contributed by atoms with Crippen LogP contribution in [0, 0.1) is 13.8 Å². The maximum Gasteiger partial charge on any atom is 0.157 e. The molecule has 0 aliphatic carbocycles. The van der Waals surface area contributed by atoms with Gasteiger partial charge in [0.1, 0.15) is 11.5 Å². The van der Waals surface area contributed by atoms with Crippen LogP contribution in [0.1, 0.15) is 10.4 Å². The van der Waals surface area contributed by atoms with E-state index in [-0.39, 0.29) is 0 Å². The molecule has 0 bridgehead atoms. The van der Waals surface area contributed by atoms with Gasteiger partial charge in [0, 0.05) is 16.6 Å². The first-order valence-corrected chi connectivity index (χ1v) is 7.69. The molecule has 0 atom stereocenters. The number of hydrogen-bond acceptors (Lipinski definition) is 3. The number of aromatic nitrogens is 2. The third kappa shape index (κ3) is 1.76. The van der Waals surface area contributed by atoms with E-state index in [2.05, 4.69) is 38.1 Å². The number of fused-ring (bicyclic) bond motifs is 3. The van der Waals surface area contributed by atoms with Crippen molar-refractivity contribution >= 4 is 32.9 Å². The van der Waals surface area contributed by atoms with Gasteiger partial charge >= 0.3 is 0 Å². The van der Waals surface area contributed by atoms with Crippen molar-refractivity contribution in [3.8, 4) is 11.3 Å². The minimum atomic E-state index is 0.701. The highest BCUT2D eigenvalue weighted by atomic mass is 32.1. The largest absolute Gasteiger partial charge is 0.383 e. The number of thiophene rings is 1. The highest BCUT2D eigenvalue weighted by Gasteiger charge is 2.15. The Bertz CT molecular complexity index is 978. The van der Waals surface area contributed by atoms with Gasteiger partial charge in [-0.1, -0.05) is 24.3 Å². The van der Waals surface area contributed by atoms with Crippen LogP contribution in [-0.4, -0.2) is 9.38 Å². The number of hydrogen-bond donors (Lipinski definition) is 1. The smallest absolute Gasteiger partial charge is 0.157 e. The fourth-order valence-electron chi connectivity index (χ4n) is 2.78. The first kappa shape index (κ1) is 12.4. The van der Waals surface area contributed by atoms with E-state index in [1.807, 2.05) is 22.7 Å². The Morgan fingerprint density at radius 1 is 1.14 bits per heavy atom. The quantitative estimate of drug-likeness (QED) is 0.564. The summed E-state index contributed by atoms with van der Waals surface area (Å²) in [6, 6.07) is 12.5. The summed E-state index contributed by atoms with van der Waals surface area (Å²) in [6.07, 6.45) is 2.01. The van der Waals surface area contributed by atoms with Gasteiger partial charge in [-0.15, -0.1) is 11.3 Å². The van der Waals surface area contributed by atoms with Gasteiger partial charge in [0.25, 0.3) is 0 Å². The standard InChI is InChI=1S/C17H15N3S/c1-10-5-3-4-6-13(10)14-16(18)20-8-7-12-9-11(2)21-15(12)17(20)19-14/h3-9H,18H2,1-2H3. The molecule has 2 N–H and O–H groups in total. The number of nitrogen functional groups attached to an aromatic ring is 1. The lowest BCUT2D eigenvalue weighted by molar-refractivity contribution is 1.22. The van der Waals surface area contributed by atoms with Crippen molar-refractivity contribution in [3.05, 3.63) is 53.0 Å². The number of rotatable bonds is 1. The Hall–Kier alpha value is -2.33. The molecule has 0 saturated heterocycles. The molecule has 0 spiro atoms. The number of aryl methyl sites for hydroxylation is 2. The second-order valence-corrected chi connectivity index (χ2v) is 6.57. The van der Waals surface area contributed by atoms with E-state index in [0.29, 0.717) is 5.82 Å². The number of nitrogens with two attached hydrogens (primary N) is 1. The molecule has 0 amide bonds. The number of anilines is 1. The van der Waals surface area contributed by atoms with Crippen LogP contribution < -0.4 is 5.73 Å². The molecule has 4 heteroatoms. The van der Waals surface area contributed by atoms with Gasteiger partial charge in [0.15, 0.2) is 5.65 Å². The van der Waals surface area contributed by atoms with E-state index in [9.17, 15) is 0 Å². The molecule has 21 heavy (non-hydrogen) atoms. The summed E-state index contributed by atoms with van der Waals surface area (Å²) in [5.74, 6) is 0.701. The molecule has 0 radical (unpaired) electrons. The van der Waals surface area contributed by atoms with Crippen LogP contribution in [0.15, 0.2) is 42.6 Å². The molecule has 3 nitrogen and oxygen atoms in total. The van der Waals surface area contributed by atoms with Crippen molar-refractivity contribution < 1.29 is 0 Å². The zero-order valence-corrected chi connectivity index (χ0v) is 12.7. The van der Waals surface area contributed by atoms with Gasteiger partial charge in [0.2, 0.25) is 0 Å². The van der Waals surface area contributed by atoms with Crippen LogP contribution in [0.4, 0.5) is 5.82 Å². The average Bonchev–Trinajstić information content (AvgIpc) is 2.99. The van der Waals surface area contributed by atoms with Crippen LogP contribution in [0.5, 0.6) is 0 Å². The van der Waals surface area contributed by atoms with Crippen molar-refractivity contribution in [1.29, 1.82) is 0 Å². The molecular weight excluding hydrogens is 278 g/mol. The summed E-state index contributed by atoms with van der Waals surface area (Å²) in [5, 5.41) is 1.23. The van der Waals surface area contributed by atoms with Crippen LogP contribution in [-0.2, 0) is 0 Å². The average molecular weight is 293 g/mol. The Kier molecular flexibility index (Phi) is 2.56. The van der Waals surface area contributed by atoms with E-state index in [1.54, 1.807) is 11.3 Å². The summed E-state index contributed by atoms with van der Waals surface area (Å²) in [7, 11) is 0. The summed E-state index contributed by atoms with van der Waals surface area (Å²) in [6.45, 7) is 4.21. The fraction of sp³-hybridized carbons (Fsp3) is 0.118. The summed E-state index contributed by atoms with van der Waals surface area (Å²) in [4.78, 5) is 6.12. The van der Waals surface area contributed by atoms with Gasteiger partial charge in [-0.25, -0.2) is 4.98 Å². The number of pyridine rings is 1. The SMILES string of the molecule is Cc1cc2ccn3c(N)c(-c4ccccc4C)nc3c2s1. The fourth-order valence-corrected chi connectivity index (χ4v) is 3.77. The van der Waals surface area contributed by atoms with Crippen molar-refractivity contribution in [2.75, 3.05) is 5.73 Å². The molecule has 4 aromatic rings. The second kappa shape index (κ2) is 4.33. The second-order valence-electron chi connectivity index (χ2n) is 5.31. The molecule has 0 unspecified atom stereocenters. The highest BCUT2D eigenvalue weighted by Crippen LogP contribution is 2.34. The summed E-state index contributed by atoms with van der Waals surface area (Å²) >= 11 is 1.76. The van der Waals surface area contributed by atoms with Crippen LogP contribution in [0.2, 0.25) is 0 Å². The minimum Gasteiger partial charge on any atom is -0.383 e. The molecule has 1 aromatic carbocycles. The first-order valence-electron chi connectivity index (χ1n) is 6.88. The third-order valence-corrected chi connectivity index (χ3v) is 4.90. The molecular formula is C17H15N3S. The molecule has 0 saturated carbocycles. The maximum atomic E-state index is 6.34. The Balaban J connectivity index is 2.10. The van der Waals surface area contributed by atoms with Gasteiger partial charge < -0.3 is 5.73 Å². The Morgan fingerprint density at radius 2 is 1.95 bits per heavy atom. The number of benzene rings is 1. The third-order valence-electron chi connectivity index (χ3n) is 3.84. The van der Waals surface area contributed by atoms with E-state index >= 15 is 0 Å². The zero-order valence-electron chi connectivity index (χ0n) is 11.9. The van der Waals surface area contributed by atoms with Crippen molar-refractivity contribution in [1.82, 2.24) is 9.38 Å². The molecule has 3 heterocycles. The lowest BCUT2D eigenvalue weighted by atomic mass is 10.1. The lowest BCUT2D eigenvalue weighted by Crippen LogP contribution is -1.94. The molecule has 4 rings (SSSR count). The van der Waals surface area contributed by atoms with Crippen molar-refractivity contribution in [3.63, 3.8) is 0 Å². The molecule has 3 aromatic heterocycles. The Morgan fingerprint density at radius 3 is 2.76 bits per heavy atom. The minimum absolute atomic E-state index is 0.701. The van der Waals surface area contributed by atoms with Crippen molar-refractivity contribution in [2.24, 2.45) is 0 Å². The summed E-state index contributed by atoms with van der Waals surface area (Å²) < 4.78 is 3.18. The van der Waals surface area contributed by atoms with Crippen molar-refractivity contribution in [2.45, 2.75) is 13.8 Å². The maximum absolute atomic E-state index is 6.34. The highest BCUT2D eigenvalue weighted by molar-refractivity contribution is 7.19. The first-order chi connectivity index (χ1) is 10.1. The molecule has 104 valence electrons. The molecule has 0 aliphatic rings. The van der Waals surface area contributed by atoms with Crippen LogP contribution in [0.25, 0.3) is 27.0 Å². The van der Waals surface area contributed by atoms with Crippen LogP contribution >= 0.6 is 11.3 Å². The van der Waals surface area contributed by atoms with Crippen LogP contribution in [0.3, 0.4) is 0 Å². The normalized spacial score (nSPS) is 11.5.